The van der Waals surface area contributed by atoms with Gasteiger partial charge in [0.1, 0.15) is 17.3 Å². The lowest BCUT2D eigenvalue weighted by atomic mass is 10.0. The van der Waals surface area contributed by atoms with Gasteiger partial charge >= 0.3 is 0 Å². The molecule has 0 aliphatic carbocycles. The van der Waals surface area contributed by atoms with Crippen molar-refractivity contribution < 1.29 is 13.2 Å². The van der Waals surface area contributed by atoms with Gasteiger partial charge in [0, 0.05) is 16.2 Å². The Hall–Kier alpha value is -1.38. The van der Waals surface area contributed by atoms with Crippen LogP contribution in [0.4, 0.5) is 0 Å². The molecule has 0 heterocycles. The van der Waals surface area contributed by atoms with Crippen LogP contribution in [0, 0.1) is 11.3 Å². The largest absolute Gasteiger partial charge is 0.298 e. The molecule has 1 aromatic carbocycles. The first kappa shape index (κ1) is 12.7. The fourth-order valence-corrected chi connectivity index (χ4v) is 2.36. The van der Waals surface area contributed by atoms with E-state index in [1.54, 1.807) is 13.0 Å². The van der Waals surface area contributed by atoms with Gasteiger partial charge in [0.15, 0.2) is 0 Å². The number of aryl methyl sites for hydroxylation is 1. The lowest BCUT2D eigenvalue weighted by molar-refractivity contribution is 0.112. The Morgan fingerprint density at radius 3 is 2.50 bits per heavy atom. The van der Waals surface area contributed by atoms with Crippen molar-refractivity contribution in [3.8, 4) is 6.07 Å². The highest BCUT2D eigenvalue weighted by Crippen LogP contribution is 2.23. The number of benzene rings is 1. The van der Waals surface area contributed by atoms with Gasteiger partial charge in [-0.25, -0.2) is 8.42 Å². The van der Waals surface area contributed by atoms with Gasteiger partial charge in [-0.1, -0.05) is 6.92 Å². The second-order valence-electron chi connectivity index (χ2n) is 3.07. The van der Waals surface area contributed by atoms with Crippen molar-refractivity contribution in [3.63, 3.8) is 0 Å². The van der Waals surface area contributed by atoms with E-state index in [2.05, 4.69) is 0 Å². The van der Waals surface area contributed by atoms with Gasteiger partial charge in [-0.2, -0.15) is 5.26 Å². The van der Waals surface area contributed by atoms with Crippen molar-refractivity contribution in [1.82, 2.24) is 0 Å². The summed E-state index contributed by atoms with van der Waals surface area (Å²) in [5.41, 5.74) is 0.814. The molecule has 0 atom stereocenters. The first-order valence-corrected chi connectivity index (χ1v) is 6.71. The lowest BCUT2D eigenvalue weighted by Gasteiger charge is -2.05. The fraction of sp³-hybridized carbons (Fsp3) is 0.200. The molecule has 84 valence electrons. The van der Waals surface area contributed by atoms with Crippen LogP contribution in [-0.2, 0) is 15.5 Å². The number of carbonyl (C=O) groups excluding carboxylic acids is 1. The maximum absolute atomic E-state index is 11.2. The van der Waals surface area contributed by atoms with E-state index in [-0.39, 0.29) is 16.0 Å². The molecule has 0 aromatic heterocycles. The van der Waals surface area contributed by atoms with Gasteiger partial charge in [0.05, 0.1) is 5.56 Å². The molecule has 0 spiro atoms. The van der Waals surface area contributed by atoms with E-state index in [0.717, 1.165) is 6.07 Å². The van der Waals surface area contributed by atoms with Crippen LogP contribution in [0.2, 0.25) is 0 Å². The number of hydrogen-bond donors (Lipinski definition) is 0. The number of hydrogen-bond acceptors (Lipinski definition) is 4. The van der Waals surface area contributed by atoms with Gasteiger partial charge in [0.2, 0.25) is 0 Å². The van der Waals surface area contributed by atoms with Crippen molar-refractivity contribution in [3.05, 3.63) is 28.8 Å². The molecule has 0 fully saturated rings. The monoisotopic (exact) mass is 257 g/mol. The Balaban J connectivity index is 3.65. The molecule has 0 saturated carbocycles. The van der Waals surface area contributed by atoms with Gasteiger partial charge in [-0.15, -0.1) is 0 Å². The number of halogens is 1. The molecule has 0 unspecified atom stereocenters. The molecule has 4 nitrogen and oxygen atoms in total. The average Bonchev–Trinajstić information content (AvgIpc) is 2.25. The first-order chi connectivity index (χ1) is 7.43. The summed E-state index contributed by atoms with van der Waals surface area (Å²) in [6.07, 6.45) is 1.08. The summed E-state index contributed by atoms with van der Waals surface area (Å²) in [4.78, 5) is 10.4. The molecule has 0 aliphatic heterocycles. The van der Waals surface area contributed by atoms with Crippen molar-refractivity contribution in [2.75, 3.05) is 0 Å². The maximum Gasteiger partial charge on any atom is 0.262 e. The van der Waals surface area contributed by atoms with Crippen LogP contribution in [-0.4, -0.2) is 14.7 Å². The fourth-order valence-electron chi connectivity index (χ4n) is 1.35. The summed E-state index contributed by atoms with van der Waals surface area (Å²) in [7, 11) is 1.16. The summed E-state index contributed by atoms with van der Waals surface area (Å²) in [6, 6.07) is 4.25. The highest BCUT2D eigenvalue weighted by Gasteiger charge is 2.18. The van der Waals surface area contributed by atoms with E-state index in [4.69, 9.17) is 15.9 Å². The minimum atomic E-state index is -4.01. The third-order valence-electron chi connectivity index (χ3n) is 2.13. The van der Waals surface area contributed by atoms with Crippen molar-refractivity contribution >= 4 is 26.0 Å². The predicted octanol–water partition coefficient (Wildman–Crippen LogP) is 1.86. The molecule has 0 amide bonds. The van der Waals surface area contributed by atoms with Crippen molar-refractivity contribution in [1.29, 1.82) is 5.26 Å². The van der Waals surface area contributed by atoms with Gasteiger partial charge in [-0.05, 0) is 24.1 Å². The number of aldehydes is 1. The summed E-state index contributed by atoms with van der Waals surface area (Å²) in [5, 5.41) is 8.80. The number of rotatable bonds is 3. The number of carbonyl (C=O) groups is 1. The zero-order chi connectivity index (χ0) is 12.3. The molecule has 0 saturated heterocycles. The Morgan fingerprint density at radius 1 is 1.50 bits per heavy atom. The quantitative estimate of drug-likeness (QED) is 0.612. The molecular weight excluding hydrogens is 250 g/mol. The number of nitriles is 1. The van der Waals surface area contributed by atoms with Crippen LogP contribution in [0.5, 0.6) is 0 Å². The van der Waals surface area contributed by atoms with E-state index in [0.29, 0.717) is 18.3 Å². The summed E-state index contributed by atoms with van der Waals surface area (Å²) in [5.74, 6) is 0. The normalized spacial score (nSPS) is 10.8. The van der Waals surface area contributed by atoms with Crippen molar-refractivity contribution in [2.24, 2.45) is 0 Å². The third kappa shape index (κ3) is 2.40. The molecule has 6 heteroatoms. The summed E-state index contributed by atoms with van der Waals surface area (Å²) < 4.78 is 22.4. The predicted molar refractivity (Wildman–Crippen MR) is 59.0 cm³/mol. The lowest BCUT2D eigenvalue weighted by Crippen LogP contribution is -2.01. The minimum Gasteiger partial charge on any atom is -0.298 e. The molecular formula is C10H8ClNO3S. The second kappa shape index (κ2) is 4.64. The van der Waals surface area contributed by atoms with Gasteiger partial charge in [-0.3, -0.25) is 4.79 Å². The van der Waals surface area contributed by atoms with Crippen LogP contribution in [0.15, 0.2) is 17.0 Å². The molecule has 1 rings (SSSR count). The van der Waals surface area contributed by atoms with Crippen LogP contribution in [0.1, 0.15) is 28.4 Å². The third-order valence-corrected chi connectivity index (χ3v) is 3.49. The summed E-state index contributed by atoms with van der Waals surface area (Å²) in [6.45, 7) is 1.80. The van der Waals surface area contributed by atoms with Crippen LogP contribution < -0.4 is 0 Å². The molecule has 0 N–H and O–H groups in total. The zero-order valence-electron chi connectivity index (χ0n) is 8.40. The molecule has 1 aromatic rings. The Labute approximate surface area is 97.9 Å². The Bertz CT molecular complexity index is 572. The standard InChI is InChI=1S/C10H8ClNO3S/c1-2-7-3-8(5-12)10(16(11,14)15)4-9(7)6-13/h3-4,6H,2H2,1H3. The highest BCUT2D eigenvalue weighted by molar-refractivity contribution is 8.13. The van der Waals surface area contributed by atoms with E-state index in [1.807, 2.05) is 0 Å². The minimum absolute atomic E-state index is 0.0440. The summed E-state index contributed by atoms with van der Waals surface area (Å²) >= 11 is 0. The Morgan fingerprint density at radius 2 is 2.12 bits per heavy atom. The van der Waals surface area contributed by atoms with Crippen LogP contribution in [0.25, 0.3) is 0 Å². The van der Waals surface area contributed by atoms with Gasteiger partial charge in [0.25, 0.3) is 9.05 Å². The van der Waals surface area contributed by atoms with Crippen molar-refractivity contribution in [2.45, 2.75) is 18.2 Å². The smallest absolute Gasteiger partial charge is 0.262 e. The van der Waals surface area contributed by atoms with E-state index < -0.39 is 9.05 Å². The second-order valence-corrected chi connectivity index (χ2v) is 5.60. The molecule has 0 bridgehead atoms. The molecule has 16 heavy (non-hydrogen) atoms. The van der Waals surface area contributed by atoms with Crippen LogP contribution in [0.3, 0.4) is 0 Å². The topological polar surface area (TPSA) is 75.0 Å². The maximum atomic E-state index is 11.2. The Kier molecular flexibility index (Phi) is 3.68. The van der Waals surface area contributed by atoms with Crippen LogP contribution >= 0.6 is 10.7 Å². The van der Waals surface area contributed by atoms with E-state index in [1.165, 1.54) is 6.07 Å². The zero-order valence-corrected chi connectivity index (χ0v) is 9.97. The van der Waals surface area contributed by atoms with E-state index >= 15 is 0 Å². The van der Waals surface area contributed by atoms with E-state index in [9.17, 15) is 13.2 Å². The highest BCUT2D eigenvalue weighted by atomic mass is 35.7. The van der Waals surface area contributed by atoms with Gasteiger partial charge < -0.3 is 0 Å². The first-order valence-electron chi connectivity index (χ1n) is 4.41. The molecule has 0 radical (unpaired) electrons. The molecule has 0 aliphatic rings. The number of nitrogens with zero attached hydrogens (tertiary/aromatic N) is 1. The SMILES string of the molecule is CCc1cc(C#N)c(S(=O)(=O)Cl)cc1C=O. The average molecular weight is 258 g/mol.